The van der Waals surface area contributed by atoms with E-state index in [1.165, 1.54) is 26.4 Å². The van der Waals surface area contributed by atoms with E-state index in [9.17, 15) is 4.79 Å². The molecule has 1 saturated carbocycles. The van der Waals surface area contributed by atoms with Crippen molar-refractivity contribution in [2.75, 3.05) is 7.11 Å². The molecule has 13 heavy (non-hydrogen) atoms. The molecule has 0 saturated heterocycles. The number of rotatable bonds is 3. The summed E-state index contributed by atoms with van der Waals surface area (Å²) in [6, 6.07) is 0. The molecule has 3 nitrogen and oxygen atoms in total. The van der Waals surface area contributed by atoms with Crippen LogP contribution in [0.15, 0.2) is 0 Å². The van der Waals surface area contributed by atoms with Crippen molar-refractivity contribution < 1.29 is 9.53 Å². The molecule has 0 aromatic carbocycles. The highest BCUT2D eigenvalue weighted by molar-refractivity contribution is 5.69. The Hall–Kier alpha value is -0.570. The molecular formula is C10H19NO2. The average molecular weight is 185 g/mol. The summed E-state index contributed by atoms with van der Waals surface area (Å²) in [5, 5.41) is 0. The van der Waals surface area contributed by atoms with Crippen LogP contribution in [0.5, 0.6) is 0 Å². The van der Waals surface area contributed by atoms with Crippen LogP contribution in [0.1, 0.15) is 44.9 Å². The minimum absolute atomic E-state index is 0.0908. The molecule has 1 aliphatic rings. The zero-order valence-corrected chi connectivity index (χ0v) is 8.34. The molecule has 0 aliphatic heterocycles. The Balaban J connectivity index is 2.28. The standard InChI is InChI=1S/C10H19NO2/c1-13-9(12)5-8-10(11)6-3-2-4-7-10/h2-8,11H2,1H3. The Morgan fingerprint density at radius 2 is 2.00 bits per heavy atom. The van der Waals surface area contributed by atoms with Crippen LogP contribution in [0.3, 0.4) is 0 Å². The fourth-order valence-electron chi connectivity index (χ4n) is 1.96. The summed E-state index contributed by atoms with van der Waals surface area (Å²) in [6.45, 7) is 0. The predicted molar refractivity (Wildman–Crippen MR) is 51.3 cm³/mol. The zero-order valence-electron chi connectivity index (χ0n) is 8.34. The van der Waals surface area contributed by atoms with Crippen molar-refractivity contribution in [2.45, 2.75) is 50.5 Å². The lowest BCUT2D eigenvalue weighted by Crippen LogP contribution is -2.42. The van der Waals surface area contributed by atoms with Gasteiger partial charge in [-0.25, -0.2) is 0 Å². The molecule has 0 aromatic rings. The second kappa shape index (κ2) is 4.61. The number of ether oxygens (including phenoxy) is 1. The monoisotopic (exact) mass is 185 g/mol. The number of methoxy groups -OCH3 is 1. The maximum atomic E-state index is 10.9. The lowest BCUT2D eigenvalue weighted by molar-refractivity contribution is -0.141. The molecular weight excluding hydrogens is 166 g/mol. The van der Waals surface area contributed by atoms with Gasteiger partial charge in [0.2, 0.25) is 0 Å². The van der Waals surface area contributed by atoms with Gasteiger partial charge < -0.3 is 10.5 Å². The van der Waals surface area contributed by atoms with E-state index in [2.05, 4.69) is 4.74 Å². The largest absolute Gasteiger partial charge is 0.469 e. The van der Waals surface area contributed by atoms with Crippen molar-refractivity contribution >= 4 is 5.97 Å². The summed E-state index contributed by atoms with van der Waals surface area (Å²) in [4.78, 5) is 10.9. The van der Waals surface area contributed by atoms with Crippen LogP contribution >= 0.6 is 0 Å². The van der Waals surface area contributed by atoms with Gasteiger partial charge in [-0.05, 0) is 19.3 Å². The normalized spacial score (nSPS) is 21.1. The van der Waals surface area contributed by atoms with Crippen LogP contribution in [-0.4, -0.2) is 18.6 Å². The van der Waals surface area contributed by atoms with Crippen molar-refractivity contribution in [1.29, 1.82) is 0 Å². The average Bonchev–Trinajstić information content (AvgIpc) is 2.15. The van der Waals surface area contributed by atoms with Gasteiger partial charge in [0, 0.05) is 12.0 Å². The van der Waals surface area contributed by atoms with Crippen molar-refractivity contribution in [3.05, 3.63) is 0 Å². The number of carbonyl (C=O) groups excluding carboxylic acids is 1. The minimum atomic E-state index is -0.143. The minimum Gasteiger partial charge on any atom is -0.469 e. The Labute approximate surface area is 79.6 Å². The Morgan fingerprint density at radius 3 is 2.54 bits per heavy atom. The predicted octanol–water partition coefficient (Wildman–Crippen LogP) is 1.60. The molecule has 0 atom stereocenters. The summed E-state index contributed by atoms with van der Waals surface area (Å²) in [5.74, 6) is -0.143. The SMILES string of the molecule is COC(=O)CCC1(N)CCCCC1. The molecule has 0 spiro atoms. The third kappa shape index (κ3) is 3.35. The number of hydrogen-bond acceptors (Lipinski definition) is 3. The third-order valence-electron chi connectivity index (χ3n) is 2.90. The molecule has 0 amide bonds. The highest BCUT2D eigenvalue weighted by Gasteiger charge is 2.27. The van der Waals surface area contributed by atoms with Crippen molar-refractivity contribution in [3.8, 4) is 0 Å². The lowest BCUT2D eigenvalue weighted by atomic mass is 9.79. The topological polar surface area (TPSA) is 52.3 Å². The number of nitrogens with two attached hydrogens (primary N) is 1. The van der Waals surface area contributed by atoms with Gasteiger partial charge in [0.1, 0.15) is 0 Å². The highest BCUT2D eigenvalue weighted by atomic mass is 16.5. The van der Waals surface area contributed by atoms with Gasteiger partial charge in [0.05, 0.1) is 7.11 Å². The van der Waals surface area contributed by atoms with E-state index in [1.54, 1.807) is 0 Å². The van der Waals surface area contributed by atoms with Crippen molar-refractivity contribution in [1.82, 2.24) is 0 Å². The van der Waals surface area contributed by atoms with Crippen LogP contribution < -0.4 is 5.73 Å². The van der Waals surface area contributed by atoms with E-state index in [1.807, 2.05) is 0 Å². The Bertz CT molecular complexity index is 174. The van der Waals surface area contributed by atoms with E-state index in [-0.39, 0.29) is 11.5 Å². The van der Waals surface area contributed by atoms with E-state index in [4.69, 9.17) is 5.73 Å². The van der Waals surface area contributed by atoms with Gasteiger partial charge >= 0.3 is 5.97 Å². The summed E-state index contributed by atoms with van der Waals surface area (Å²) in [6.07, 6.45) is 7.06. The van der Waals surface area contributed by atoms with Crippen LogP contribution in [0.25, 0.3) is 0 Å². The fourth-order valence-corrected chi connectivity index (χ4v) is 1.96. The van der Waals surface area contributed by atoms with Crippen LogP contribution in [0, 0.1) is 0 Å². The quantitative estimate of drug-likeness (QED) is 0.679. The number of carbonyl (C=O) groups is 1. The van der Waals surface area contributed by atoms with E-state index in [0.717, 1.165) is 19.3 Å². The third-order valence-corrected chi connectivity index (χ3v) is 2.90. The first-order valence-corrected chi connectivity index (χ1v) is 5.02. The number of hydrogen-bond donors (Lipinski definition) is 1. The maximum Gasteiger partial charge on any atom is 0.305 e. The highest BCUT2D eigenvalue weighted by Crippen LogP contribution is 2.29. The molecule has 2 N–H and O–H groups in total. The molecule has 0 unspecified atom stereocenters. The summed E-state index contributed by atoms with van der Waals surface area (Å²) in [7, 11) is 1.42. The molecule has 76 valence electrons. The van der Waals surface area contributed by atoms with Gasteiger partial charge in [-0.3, -0.25) is 4.79 Å². The summed E-state index contributed by atoms with van der Waals surface area (Å²) < 4.78 is 4.59. The van der Waals surface area contributed by atoms with Gasteiger partial charge in [-0.15, -0.1) is 0 Å². The summed E-state index contributed by atoms with van der Waals surface area (Å²) >= 11 is 0. The van der Waals surface area contributed by atoms with E-state index < -0.39 is 0 Å². The first-order valence-electron chi connectivity index (χ1n) is 5.02. The molecule has 0 radical (unpaired) electrons. The van der Waals surface area contributed by atoms with Gasteiger partial charge in [-0.1, -0.05) is 19.3 Å². The van der Waals surface area contributed by atoms with Gasteiger partial charge in [0.25, 0.3) is 0 Å². The van der Waals surface area contributed by atoms with E-state index >= 15 is 0 Å². The van der Waals surface area contributed by atoms with E-state index in [0.29, 0.717) is 6.42 Å². The van der Waals surface area contributed by atoms with Crippen molar-refractivity contribution in [3.63, 3.8) is 0 Å². The Morgan fingerprint density at radius 1 is 1.38 bits per heavy atom. The van der Waals surface area contributed by atoms with Gasteiger partial charge in [-0.2, -0.15) is 0 Å². The molecule has 1 fully saturated rings. The first-order chi connectivity index (χ1) is 6.16. The summed E-state index contributed by atoms with van der Waals surface area (Å²) in [5.41, 5.74) is 6.06. The van der Waals surface area contributed by atoms with Crippen LogP contribution in [0.4, 0.5) is 0 Å². The number of esters is 1. The molecule has 1 rings (SSSR count). The fraction of sp³-hybridized carbons (Fsp3) is 0.900. The first kappa shape index (κ1) is 10.5. The molecule has 0 heterocycles. The Kier molecular flexibility index (Phi) is 3.72. The van der Waals surface area contributed by atoms with Crippen molar-refractivity contribution in [2.24, 2.45) is 5.73 Å². The molecule has 0 aromatic heterocycles. The second-order valence-electron chi connectivity index (χ2n) is 4.00. The van der Waals surface area contributed by atoms with Crippen LogP contribution in [-0.2, 0) is 9.53 Å². The zero-order chi connectivity index (χ0) is 9.73. The lowest BCUT2D eigenvalue weighted by Gasteiger charge is -2.33. The van der Waals surface area contributed by atoms with Gasteiger partial charge in [0.15, 0.2) is 0 Å². The second-order valence-corrected chi connectivity index (χ2v) is 4.00. The molecule has 0 bridgehead atoms. The van der Waals surface area contributed by atoms with Crippen LogP contribution in [0.2, 0.25) is 0 Å². The molecule has 3 heteroatoms. The smallest absolute Gasteiger partial charge is 0.305 e. The molecule has 1 aliphatic carbocycles. The maximum absolute atomic E-state index is 10.9.